The van der Waals surface area contributed by atoms with Crippen LogP contribution in [0.5, 0.6) is 0 Å². The fraction of sp³-hybridized carbons (Fsp3) is 0.529. The molecule has 0 saturated carbocycles. The van der Waals surface area contributed by atoms with E-state index < -0.39 is 27.9 Å². The number of amides is 2. The van der Waals surface area contributed by atoms with Crippen molar-refractivity contribution in [3.63, 3.8) is 0 Å². The molecule has 152 valence electrons. The van der Waals surface area contributed by atoms with Gasteiger partial charge in [-0.15, -0.1) is 0 Å². The van der Waals surface area contributed by atoms with Crippen molar-refractivity contribution in [2.75, 3.05) is 37.8 Å². The number of rotatable bonds is 9. The van der Waals surface area contributed by atoms with Gasteiger partial charge in [-0.2, -0.15) is 0 Å². The Morgan fingerprint density at radius 3 is 2.33 bits per heavy atom. The summed E-state index contributed by atoms with van der Waals surface area (Å²) in [5.74, 6) is -0.963. The monoisotopic (exact) mass is 399 g/mol. The molecule has 0 spiro atoms. The molecule has 0 unspecified atom stereocenters. The largest absolute Gasteiger partial charge is 0.384 e. The van der Waals surface area contributed by atoms with E-state index in [-0.39, 0.29) is 17.4 Å². The summed E-state index contributed by atoms with van der Waals surface area (Å²) in [6.45, 7) is 5.81. The van der Waals surface area contributed by atoms with E-state index in [9.17, 15) is 18.0 Å². The Balaban J connectivity index is 2.96. The number of benzene rings is 1. The van der Waals surface area contributed by atoms with Crippen molar-refractivity contribution in [1.29, 1.82) is 0 Å². The molecule has 1 atom stereocenters. The average molecular weight is 400 g/mol. The summed E-state index contributed by atoms with van der Waals surface area (Å²) in [4.78, 5) is 24.1. The van der Waals surface area contributed by atoms with Gasteiger partial charge in [0.1, 0.15) is 0 Å². The highest BCUT2D eigenvalue weighted by Gasteiger charge is 2.20. The molecule has 0 fully saturated rings. The topological polar surface area (TPSA) is 134 Å². The second-order valence-corrected chi connectivity index (χ2v) is 8.71. The first-order valence-electron chi connectivity index (χ1n) is 8.64. The van der Waals surface area contributed by atoms with Crippen LogP contribution < -0.4 is 21.7 Å². The first kappa shape index (κ1) is 22.9. The molecule has 2 amide bonds. The van der Waals surface area contributed by atoms with Crippen LogP contribution in [-0.2, 0) is 19.6 Å². The molecule has 1 aromatic rings. The standard InChI is InChI=1S/C17H29N5O4S/c1-6-19-13-8-7-12(27(25,26)22(4)5)9-14(13)21-15(23)10-20-17(24)16(18)11(2)3/h7-9,11,16,19H,6,10,18H2,1-5H3,(H,20,24)(H,21,23)/t16-/m0/s1. The van der Waals surface area contributed by atoms with Crippen molar-refractivity contribution in [2.24, 2.45) is 11.7 Å². The summed E-state index contributed by atoms with van der Waals surface area (Å²) in [7, 11) is -0.786. The van der Waals surface area contributed by atoms with Crippen molar-refractivity contribution in [3.8, 4) is 0 Å². The minimum Gasteiger partial charge on any atom is -0.384 e. The van der Waals surface area contributed by atoms with E-state index in [4.69, 9.17) is 5.73 Å². The molecule has 0 aliphatic heterocycles. The summed E-state index contributed by atoms with van der Waals surface area (Å²) in [6.07, 6.45) is 0. The van der Waals surface area contributed by atoms with Crippen LogP contribution in [0.4, 0.5) is 11.4 Å². The predicted molar refractivity (Wildman–Crippen MR) is 106 cm³/mol. The summed E-state index contributed by atoms with van der Waals surface area (Å²) in [5, 5.41) is 8.16. The SMILES string of the molecule is CCNc1ccc(S(=O)(=O)N(C)C)cc1NC(=O)CNC(=O)[C@@H](N)C(C)C. The van der Waals surface area contributed by atoms with E-state index in [1.807, 2.05) is 20.8 Å². The lowest BCUT2D eigenvalue weighted by atomic mass is 10.1. The smallest absolute Gasteiger partial charge is 0.243 e. The molecule has 1 aromatic carbocycles. The zero-order valence-corrected chi connectivity index (χ0v) is 17.2. The first-order valence-corrected chi connectivity index (χ1v) is 10.1. The Hall–Kier alpha value is -2.17. The third kappa shape index (κ3) is 6.19. The zero-order chi connectivity index (χ0) is 20.8. The lowest BCUT2D eigenvalue weighted by Gasteiger charge is -2.17. The predicted octanol–water partition coefficient (Wildman–Crippen LogP) is 0.407. The van der Waals surface area contributed by atoms with Gasteiger partial charge < -0.3 is 21.7 Å². The molecular formula is C17H29N5O4S. The molecule has 0 saturated heterocycles. The number of anilines is 2. The molecule has 0 bridgehead atoms. The average Bonchev–Trinajstić information content (AvgIpc) is 2.60. The van der Waals surface area contributed by atoms with Crippen molar-refractivity contribution in [3.05, 3.63) is 18.2 Å². The fourth-order valence-corrected chi connectivity index (χ4v) is 3.05. The molecule has 0 aromatic heterocycles. The Morgan fingerprint density at radius 1 is 1.19 bits per heavy atom. The highest BCUT2D eigenvalue weighted by molar-refractivity contribution is 7.89. The van der Waals surface area contributed by atoms with Gasteiger partial charge in [-0.1, -0.05) is 13.8 Å². The van der Waals surface area contributed by atoms with Gasteiger partial charge in [0.2, 0.25) is 21.8 Å². The van der Waals surface area contributed by atoms with Crippen LogP contribution in [0.25, 0.3) is 0 Å². The molecule has 0 radical (unpaired) electrons. The maximum Gasteiger partial charge on any atom is 0.243 e. The second kappa shape index (κ2) is 9.67. The number of hydrogen-bond donors (Lipinski definition) is 4. The van der Waals surface area contributed by atoms with Gasteiger partial charge in [0.15, 0.2) is 0 Å². The molecule has 0 aliphatic carbocycles. The van der Waals surface area contributed by atoms with E-state index in [0.29, 0.717) is 17.9 Å². The van der Waals surface area contributed by atoms with Crippen molar-refractivity contribution >= 4 is 33.2 Å². The molecule has 10 heteroatoms. The van der Waals surface area contributed by atoms with E-state index in [1.165, 1.54) is 26.2 Å². The summed E-state index contributed by atoms with van der Waals surface area (Å²) in [6, 6.07) is 3.73. The van der Waals surface area contributed by atoms with Crippen LogP contribution in [0.15, 0.2) is 23.1 Å². The Labute approximate surface area is 160 Å². The maximum absolute atomic E-state index is 12.3. The van der Waals surface area contributed by atoms with Crippen molar-refractivity contribution < 1.29 is 18.0 Å². The van der Waals surface area contributed by atoms with Crippen molar-refractivity contribution in [1.82, 2.24) is 9.62 Å². The maximum atomic E-state index is 12.3. The van der Waals surface area contributed by atoms with Crippen LogP contribution in [0, 0.1) is 5.92 Å². The van der Waals surface area contributed by atoms with Gasteiger partial charge in [0, 0.05) is 20.6 Å². The summed E-state index contributed by atoms with van der Waals surface area (Å²) >= 11 is 0. The first-order chi connectivity index (χ1) is 12.5. The lowest BCUT2D eigenvalue weighted by molar-refractivity contribution is -0.125. The Morgan fingerprint density at radius 2 is 1.81 bits per heavy atom. The number of nitrogens with one attached hydrogen (secondary N) is 3. The molecule has 27 heavy (non-hydrogen) atoms. The minimum atomic E-state index is -3.65. The Bertz CT molecular complexity index is 778. The van der Waals surface area contributed by atoms with Crippen LogP contribution in [0.2, 0.25) is 0 Å². The molecule has 5 N–H and O–H groups in total. The number of nitrogens with zero attached hydrogens (tertiary/aromatic N) is 1. The number of nitrogens with two attached hydrogens (primary N) is 1. The molecule has 0 aliphatic rings. The zero-order valence-electron chi connectivity index (χ0n) is 16.4. The third-order valence-electron chi connectivity index (χ3n) is 3.86. The van der Waals surface area contributed by atoms with Gasteiger partial charge in [-0.05, 0) is 31.0 Å². The van der Waals surface area contributed by atoms with Crippen LogP contribution >= 0.6 is 0 Å². The third-order valence-corrected chi connectivity index (χ3v) is 5.67. The minimum absolute atomic E-state index is 0.0512. The van der Waals surface area contributed by atoms with Crippen LogP contribution in [0.3, 0.4) is 0 Å². The normalized spacial score (nSPS) is 12.7. The second-order valence-electron chi connectivity index (χ2n) is 6.56. The number of carbonyl (C=O) groups excluding carboxylic acids is 2. The number of carbonyl (C=O) groups is 2. The summed E-state index contributed by atoms with van der Waals surface area (Å²) in [5.41, 5.74) is 6.62. The quantitative estimate of drug-likeness (QED) is 0.475. The fourth-order valence-electron chi connectivity index (χ4n) is 2.13. The van der Waals surface area contributed by atoms with E-state index in [1.54, 1.807) is 6.07 Å². The highest BCUT2D eigenvalue weighted by Crippen LogP contribution is 2.26. The molecule has 1 rings (SSSR count). The highest BCUT2D eigenvalue weighted by atomic mass is 32.2. The number of hydrogen-bond acceptors (Lipinski definition) is 6. The molecule has 0 heterocycles. The summed E-state index contributed by atoms with van der Waals surface area (Å²) < 4.78 is 25.7. The van der Waals surface area contributed by atoms with Gasteiger partial charge in [-0.25, -0.2) is 12.7 Å². The van der Waals surface area contributed by atoms with Gasteiger partial charge in [0.25, 0.3) is 0 Å². The molecular weight excluding hydrogens is 370 g/mol. The van der Waals surface area contributed by atoms with Gasteiger partial charge in [0.05, 0.1) is 28.9 Å². The van der Waals surface area contributed by atoms with Crippen LogP contribution in [0.1, 0.15) is 20.8 Å². The van der Waals surface area contributed by atoms with Crippen LogP contribution in [-0.4, -0.2) is 57.8 Å². The lowest BCUT2D eigenvalue weighted by Crippen LogP contribution is -2.46. The van der Waals surface area contributed by atoms with Crippen molar-refractivity contribution in [2.45, 2.75) is 31.7 Å². The molecule has 9 nitrogen and oxygen atoms in total. The van der Waals surface area contributed by atoms with E-state index in [0.717, 1.165) is 4.31 Å². The number of sulfonamides is 1. The van der Waals surface area contributed by atoms with E-state index in [2.05, 4.69) is 16.0 Å². The van der Waals surface area contributed by atoms with Gasteiger partial charge >= 0.3 is 0 Å². The van der Waals surface area contributed by atoms with E-state index >= 15 is 0 Å². The Kier molecular flexibility index (Phi) is 8.20. The van der Waals surface area contributed by atoms with Gasteiger partial charge in [-0.3, -0.25) is 9.59 Å².